The molecule has 1 fully saturated rings. The lowest BCUT2D eigenvalue weighted by atomic mass is 10.0. The molecule has 3 aromatic rings. The summed E-state index contributed by atoms with van der Waals surface area (Å²) in [6.45, 7) is 2.44. The number of hydrogen-bond donors (Lipinski definition) is 2. The van der Waals surface area contributed by atoms with Gasteiger partial charge in [0.05, 0.1) is 10.5 Å². The van der Waals surface area contributed by atoms with Crippen LogP contribution in [0.4, 0.5) is 0 Å². The summed E-state index contributed by atoms with van der Waals surface area (Å²) in [6, 6.07) is 15.3. The molecule has 1 aliphatic rings. The Balaban J connectivity index is 1.42. The fraction of sp³-hybridized carbons (Fsp3) is 0.273. The minimum Gasteiger partial charge on any atom is -0.358 e. The lowest BCUT2D eigenvalue weighted by Gasteiger charge is -2.31. The van der Waals surface area contributed by atoms with Crippen molar-refractivity contribution in [2.45, 2.75) is 30.7 Å². The van der Waals surface area contributed by atoms with E-state index in [9.17, 15) is 18.0 Å². The number of H-pyrrole nitrogens is 1. The minimum absolute atomic E-state index is 0.216. The number of benzene rings is 2. The van der Waals surface area contributed by atoms with Crippen LogP contribution in [-0.2, 0) is 14.8 Å². The van der Waals surface area contributed by atoms with Crippen molar-refractivity contribution < 1.29 is 18.0 Å². The summed E-state index contributed by atoms with van der Waals surface area (Å²) in [5.74, 6) is -1.08. The molecule has 0 radical (unpaired) electrons. The number of para-hydroxylation sites is 1. The topological polar surface area (TPSA) is 99.3 Å². The molecule has 1 saturated heterocycles. The van der Waals surface area contributed by atoms with Gasteiger partial charge in [0.2, 0.25) is 10.0 Å². The van der Waals surface area contributed by atoms with Crippen LogP contribution < -0.4 is 4.72 Å². The van der Waals surface area contributed by atoms with Gasteiger partial charge in [-0.25, -0.2) is 13.1 Å². The van der Waals surface area contributed by atoms with Gasteiger partial charge in [0, 0.05) is 35.7 Å². The van der Waals surface area contributed by atoms with Crippen LogP contribution in [0, 0.1) is 6.92 Å². The SMILES string of the molecule is Cc1[nH]c2ccccc2c1C(=O)C(=O)N1CCC(NS(=O)(=O)c2ccccc2)CC1. The summed E-state index contributed by atoms with van der Waals surface area (Å²) in [5.41, 5.74) is 1.89. The number of ketones is 1. The number of rotatable bonds is 5. The van der Waals surface area contributed by atoms with E-state index in [2.05, 4.69) is 9.71 Å². The molecule has 1 amide bonds. The van der Waals surface area contributed by atoms with Crippen molar-refractivity contribution in [3.63, 3.8) is 0 Å². The highest BCUT2D eigenvalue weighted by atomic mass is 32.2. The van der Waals surface area contributed by atoms with Gasteiger partial charge in [0.15, 0.2) is 0 Å². The molecule has 0 bridgehead atoms. The van der Waals surface area contributed by atoms with Gasteiger partial charge >= 0.3 is 0 Å². The van der Waals surface area contributed by atoms with E-state index in [1.54, 1.807) is 37.3 Å². The lowest BCUT2D eigenvalue weighted by Crippen LogP contribution is -2.48. The molecule has 4 rings (SSSR count). The lowest BCUT2D eigenvalue weighted by molar-refractivity contribution is -0.127. The Kier molecular flexibility index (Phi) is 5.44. The van der Waals surface area contributed by atoms with Crippen LogP contribution in [0.25, 0.3) is 10.9 Å². The molecule has 0 aliphatic carbocycles. The Labute approximate surface area is 175 Å². The van der Waals surface area contributed by atoms with Crippen LogP contribution in [0.5, 0.6) is 0 Å². The van der Waals surface area contributed by atoms with Gasteiger partial charge in [0.1, 0.15) is 0 Å². The first kappa shape index (κ1) is 20.3. The van der Waals surface area contributed by atoms with Crippen LogP contribution in [0.2, 0.25) is 0 Å². The summed E-state index contributed by atoms with van der Waals surface area (Å²) >= 11 is 0. The number of aromatic nitrogens is 1. The van der Waals surface area contributed by atoms with E-state index in [1.807, 2.05) is 24.3 Å². The molecule has 2 heterocycles. The number of hydrogen-bond acceptors (Lipinski definition) is 4. The number of Topliss-reactive ketones (excluding diaryl/α,β-unsaturated/α-hetero) is 1. The maximum absolute atomic E-state index is 12.9. The minimum atomic E-state index is -3.60. The first-order valence-corrected chi connectivity index (χ1v) is 11.3. The van der Waals surface area contributed by atoms with Crippen molar-refractivity contribution in [2.75, 3.05) is 13.1 Å². The molecule has 0 unspecified atom stereocenters. The summed E-state index contributed by atoms with van der Waals surface area (Å²) < 4.78 is 27.7. The Morgan fingerprint density at radius 2 is 1.63 bits per heavy atom. The van der Waals surface area contributed by atoms with Crippen molar-refractivity contribution in [3.8, 4) is 0 Å². The normalized spacial score (nSPS) is 15.4. The molecular weight excluding hydrogens is 402 g/mol. The van der Waals surface area contributed by atoms with Gasteiger partial charge in [-0.15, -0.1) is 0 Å². The maximum atomic E-state index is 12.9. The number of carbonyl (C=O) groups excluding carboxylic acids is 2. The van der Waals surface area contributed by atoms with Crippen LogP contribution in [0.1, 0.15) is 28.9 Å². The third-order valence-electron chi connectivity index (χ3n) is 5.47. The summed E-state index contributed by atoms with van der Waals surface area (Å²) in [5, 5.41) is 0.735. The summed E-state index contributed by atoms with van der Waals surface area (Å²) in [6.07, 6.45) is 0.913. The molecule has 156 valence electrons. The first-order valence-electron chi connectivity index (χ1n) is 9.85. The second kappa shape index (κ2) is 8.04. The number of sulfonamides is 1. The zero-order valence-electron chi connectivity index (χ0n) is 16.6. The van der Waals surface area contributed by atoms with Crippen LogP contribution >= 0.6 is 0 Å². The van der Waals surface area contributed by atoms with Gasteiger partial charge in [-0.05, 0) is 38.0 Å². The predicted molar refractivity (Wildman–Crippen MR) is 114 cm³/mol. The van der Waals surface area contributed by atoms with Gasteiger partial charge < -0.3 is 9.88 Å². The van der Waals surface area contributed by atoms with Crippen molar-refractivity contribution in [2.24, 2.45) is 0 Å². The molecule has 0 spiro atoms. The molecular formula is C22H23N3O4S. The highest BCUT2D eigenvalue weighted by molar-refractivity contribution is 7.89. The third-order valence-corrected chi connectivity index (χ3v) is 7.01. The number of piperidine rings is 1. The number of carbonyl (C=O) groups is 2. The van der Waals surface area contributed by atoms with E-state index in [1.165, 1.54) is 4.90 Å². The Hall–Kier alpha value is -2.97. The van der Waals surface area contributed by atoms with E-state index < -0.39 is 21.7 Å². The number of likely N-dealkylation sites (tertiary alicyclic amines) is 1. The Morgan fingerprint density at radius 1 is 1.00 bits per heavy atom. The predicted octanol–water partition coefficient (Wildman–Crippen LogP) is 2.63. The Bertz CT molecular complexity index is 1190. The third kappa shape index (κ3) is 3.88. The molecule has 8 heteroatoms. The Morgan fingerprint density at radius 3 is 2.33 bits per heavy atom. The molecule has 1 aliphatic heterocycles. The van der Waals surface area contributed by atoms with E-state index in [-0.39, 0.29) is 10.9 Å². The molecule has 0 saturated carbocycles. The molecule has 2 aromatic carbocycles. The maximum Gasteiger partial charge on any atom is 0.295 e. The second-order valence-electron chi connectivity index (χ2n) is 7.50. The molecule has 30 heavy (non-hydrogen) atoms. The average molecular weight is 426 g/mol. The number of nitrogens with one attached hydrogen (secondary N) is 2. The molecule has 7 nitrogen and oxygen atoms in total. The monoisotopic (exact) mass is 425 g/mol. The molecule has 0 atom stereocenters. The van der Waals surface area contributed by atoms with E-state index in [4.69, 9.17) is 0 Å². The number of aromatic amines is 1. The average Bonchev–Trinajstić information content (AvgIpc) is 3.09. The van der Waals surface area contributed by atoms with Crippen LogP contribution in [0.3, 0.4) is 0 Å². The van der Waals surface area contributed by atoms with Crippen molar-refractivity contribution in [3.05, 3.63) is 65.9 Å². The highest BCUT2D eigenvalue weighted by Gasteiger charge is 2.31. The van der Waals surface area contributed by atoms with E-state index in [0.717, 1.165) is 10.9 Å². The van der Waals surface area contributed by atoms with Crippen LogP contribution in [0.15, 0.2) is 59.5 Å². The second-order valence-corrected chi connectivity index (χ2v) is 9.21. The smallest absolute Gasteiger partial charge is 0.295 e. The van der Waals surface area contributed by atoms with Crippen molar-refractivity contribution in [1.29, 1.82) is 0 Å². The fourth-order valence-electron chi connectivity index (χ4n) is 3.91. The van der Waals surface area contributed by atoms with Crippen molar-refractivity contribution >= 4 is 32.6 Å². The number of amides is 1. The van der Waals surface area contributed by atoms with Gasteiger partial charge in [0.25, 0.3) is 11.7 Å². The first-order chi connectivity index (χ1) is 14.4. The summed E-state index contributed by atoms with van der Waals surface area (Å²) in [7, 11) is -3.60. The summed E-state index contributed by atoms with van der Waals surface area (Å²) in [4.78, 5) is 30.6. The number of fused-ring (bicyclic) bond motifs is 1. The number of nitrogens with zero attached hydrogens (tertiary/aromatic N) is 1. The largest absolute Gasteiger partial charge is 0.358 e. The zero-order valence-corrected chi connectivity index (χ0v) is 17.4. The van der Waals surface area contributed by atoms with Crippen molar-refractivity contribution in [1.82, 2.24) is 14.6 Å². The van der Waals surface area contributed by atoms with Gasteiger partial charge in [-0.1, -0.05) is 36.4 Å². The molecule has 2 N–H and O–H groups in total. The standard InChI is InChI=1S/C22H23N3O4S/c1-15-20(18-9-5-6-10-19(18)23-15)21(26)22(27)25-13-11-16(12-14-25)24-30(28,29)17-7-3-2-4-8-17/h2-10,16,23-24H,11-14H2,1H3. The van der Waals surface area contributed by atoms with E-state index >= 15 is 0 Å². The van der Waals surface area contributed by atoms with Crippen LogP contribution in [-0.4, -0.2) is 49.1 Å². The zero-order chi connectivity index (χ0) is 21.3. The number of aryl methyl sites for hydroxylation is 1. The fourth-order valence-corrected chi connectivity index (χ4v) is 5.23. The van der Waals surface area contributed by atoms with Gasteiger partial charge in [-0.2, -0.15) is 0 Å². The molecule has 1 aromatic heterocycles. The quantitative estimate of drug-likeness (QED) is 0.485. The highest BCUT2D eigenvalue weighted by Crippen LogP contribution is 2.24. The van der Waals surface area contributed by atoms with E-state index in [0.29, 0.717) is 37.2 Å². The van der Waals surface area contributed by atoms with Gasteiger partial charge in [-0.3, -0.25) is 9.59 Å².